The van der Waals surface area contributed by atoms with Gasteiger partial charge < -0.3 is 10.6 Å². The molecule has 0 saturated heterocycles. The molecule has 19 heavy (non-hydrogen) atoms. The Kier molecular flexibility index (Phi) is 5.32. The molecule has 0 aliphatic carbocycles. The average molecular weight is 287 g/mol. The second-order valence-corrected chi connectivity index (χ2v) is 5.72. The van der Waals surface area contributed by atoms with Crippen LogP contribution in [0.2, 0.25) is 5.02 Å². The Balaban J connectivity index is 2.96. The molecule has 0 saturated carbocycles. The van der Waals surface area contributed by atoms with Gasteiger partial charge in [-0.2, -0.15) is 0 Å². The number of carbonyl (C=O) groups is 1. The van der Waals surface area contributed by atoms with Crippen molar-refractivity contribution in [2.45, 2.75) is 20.8 Å². The summed E-state index contributed by atoms with van der Waals surface area (Å²) >= 11 is 5.92. The number of halogens is 2. The van der Waals surface area contributed by atoms with Crippen LogP contribution in [-0.4, -0.2) is 30.4 Å². The van der Waals surface area contributed by atoms with Crippen LogP contribution in [0, 0.1) is 11.2 Å². The van der Waals surface area contributed by atoms with Gasteiger partial charge >= 0.3 is 0 Å². The second-order valence-electron chi connectivity index (χ2n) is 5.31. The summed E-state index contributed by atoms with van der Waals surface area (Å²) in [6.07, 6.45) is 0. The van der Waals surface area contributed by atoms with Crippen molar-refractivity contribution in [3.05, 3.63) is 34.6 Å². The van der Waals surface area contributed by atoms with Crippen molar-refractivity contribution in [2.24, 2.45) is 11.1 Å². The number of rotatable bonds is 5. The van der Waals surface area contributed by atoms with Gasteiger partial charge in [0, 0.05) is 13.1 Å². The van der Waals surface area contributed by atoms with Crippen molar-refractivity contribution >= 4 is 17.5 Å². The number of amides is 1. The van der Waals surface area contributed by atoms with Crippen LogP contribution in [0.15, 0.2) is 18.2 Å². The van der Waals surface area contributed by atoms with E-state index in [1.165, 1.54) is 12.1 Å². The van der Waals surface area contributed by atoms with E-state index in [1.807, 2.05) is 20.8 Å². The highest BCUT2D eigenvalue weighted by molar-refractivity contribution is 6.33. The lowest BCUT2D eigenvalue weighted by molar-refractivity contribution is 0.0701. The van der Waals surface area contributed by atoms with Crippen LogP contribution in [0.1, 0.15) is 31.1 Å². The third kappa shape index (κ3) is 4.18. The molecule has 0 aromatic heterocycles. The van der Waals surface area contributed by atoms with Gasteiger partial charge in [-0.05, 0) is 37.1 Å². The Hall–Kier alpha value is -1.13. The zero-order chi connectivity index (χ0) is 14.6. The zero-order valence-electron chi connectivity index (χ0n) is 11.5. The van der Waals surface area contributed by atoms with Crippen molar-refractivity contribution in [2.75, 3.05) is 19.6 Å². The number of benzene rings is 1. The van der Waals surface area contributed by atoms with E-state index in [0.717, 1.165) is 6.07 Å². The molecule has 2 N–H and O–H groups in total. The van der Waals surface area contributed by atoms with Crippen LogP contribution in [0.25, 0.3) is 0 Å². The predicted octanol–water partition coefficient (Wildman–Crippen LogP) is 2.93. The van der Waals surface area contributed by atoms with Crippen molar-refractivity contribution in [1.29, 1.82) is 0 Å². The first kappa shape index (κ1) is 15.9. The maximum absolute atomic E-state index is 13.0. The van der Waals surface area contributed by atoms with Gasteiger partial charge in [0.05, 0.1) is 10.6 Å². The quantitative estimate of drug-likeness (QED) is 0.905. The molecular formula is C14H20ClFN2O. The topological polar surface area (TPSA) is 46.3 Å². The Bertz CT molecular complexity index is 463. The van der Waals surface area contributed by atoms with Crippen LogP contribution in [0.3, 0.4) is 0 Å². The summed E-state index contributed by atoms with van der Waals surface area (Å²) in [5.74, 6) is -0.652. The predicted molar refractivity (Wildman–Crippen MR) is 75.8 cm³/mol. The fourth-order valence-electron chi connectivity index (χ4n) is 1.74. The molecule has 0 bridgehead atoms. The molecule has 0 fully saturated rings. The third-order valence-corrected chi connectivity index (χ3v) is 3.31. The van der Waals surface area contributed by atoms with Gasteiger partial charge in [0.15, 0.2) is 0 Å². The van der Waals surface area contributed by atoms with E-state index in [0.29, 0.717) is 25.2 Å². The molecule has 0 atom stereocenters. The molecule has 0 radical (unpaired) electrons. The van der Waals surface area contributed by atoms with E-state index >= 15 is 0 Å². The van der Waals surface area contributed by atoms with Crippen molar-refractivity contribution < 1.29 is 9.18 Å². The zero-order valence-corrected chi connectivity index (χ0v) is 12.3. The molecule has 0 aliphatic rings. The molecule has 0 spiro atoms. The first-order chi connectivity index (χ1) is 8.80. The standard InChI is InChI=1S/C14H20ClFN2O/c1-4-18(9-14(2,3)8-17)13(19)11-6-5-10(16)7-12(11)15/h5-7H,4,8-9,17H2,1-3H3. The molecule has 3 nitrogen and oxygen atoms in total. The maximum atomic E-state index is 13.0. The second kappa shape index (κ2) is 6.35. The number of hydrogen-bond donors (Lipinski definition) is 1. The molecule has 5 heteroatoms. The van der Waals surface area contributed by atoms with Crippen LogP contribution < -0.4 is 5.73 Å². The maximum Gasteiger partial charge on any atom is 0.255 e. The third-order valence-electron chi connectivity index (χ3n) is 3.00. The SMILES string of the molecule is CCN(CC(C)(C)CN)C(=O)c1ccc(F)cc1Cl. The molecular weight excluding hydrogens is 267 g/mol. The highest BCUT2D eigenvalue weighted by Crippen LogP contribution is 2.21. The van der Waals surface area contributed by atoms with E-state index in [1.54, 1.807) is 4.90 Å². The van der Waals surface area contributed by atoms with Crippen LogP contribution >= 0.6 is 11.6 Å². The van der Waals surface area contributed by atoms with E-state index in [2.05, 4.69) is 0 Å². The van der Waals surface area contributed by atoms with Crippen molar-refractivity contribution in [3.63, 3.8) is 0 Å². The lowest BCUT2D eigenvalue weighted by Crippen LogP contribution is -2.42. The van der Waals surface area contributed by atoms with Gasteiger partial charge in [0.25, 0.3) is 5.91 Å². The molecule has 106 valence electrons. The molecule has 1 amide bonds. The van der Waals surface area contributed by atoms with Gasteiger partial charge in [-0.3, -0.25) is 4.79 Å². The summed E-state index contributed by atoms with van der Waals surface area (Å²) in [5.41, 5.74) is 5.83. The molecule has 0 heterocycles. The highest BCUT2D eigenvalue weighted by atomic mass is 35.5. The Morgan fingerprint density at radius 3 is 2.58 bits per heavy atom. The number of hydrogen-bond acceptors (Lipinski definition) is 2. The summed E-state index contributed by atoms with van der Waals surface area (Å²) in [5, 5.41) is 0.133. The van der Waals surface area contributed by atoms with E-state index in [4.69, 9.17) is 17.3 Å². The largest absolute Gasteiger partial charge is 0.338 e. The van der Waals surface area contributed by atoms with Crippen LogP contribution in [0.4, 0.5) is 4.39 Å². The number of carbonyl (C=O) groups excluding carboxylic acids is 1. The fraction of sp³-hybridized carbons (Fsp3) is 0.500. The lowest BCUT2D eigenvalue weighted by Gasteiger charge is -2.31. The van der Waals surface area contributed by atoms with Crippen LogP contribution in [0.5, 0.6) is 0 Å². The van der Waals surface area contributed by atoms with Gasteiger partial charge in [-0.15, -0.1) is 0 Å². The molecule has 1 aromatic rings. The first-order valence-electron chi connectivity index (χ1n) is 6.25. The minimum absolute atomic E-state index is 0.133. The fourth-order valence-corrected chi connectivity index (χ4v) is 1.99. The lowest BCUT2D eigenvalue weighted by atomic mass is 9.93. The Labute approximate surface area is 118 Å². The molecule has 1 rings (SSSR count). The monoisotopic (exact) mass is 286 g/mol. The smallest absolute Gasteiger partial charge is 0.255 e. The Morgan fingerprint density at radius 2 is 2.11 bits per heavy atom. The molecule has 0 unspecified atom stereocenters. The van der Waals surface area contributed by atoms with Crippen LogP contribution in [-0.2, 0) is 0 Å². The van der Waals surface area contributed by atoms with E-state index < -0.39 is 5.82 Å². The summed E-state index contributed by atoms with van der Waals surface area (Å²) in [6.45, 7) is 7.45. The molecule has 1 aromatic carbocycles. The van der Waals surface area contributed by atoms with Gasteiger partial charge in [0.2, 0.25) is 0 Å². The first-order valence-corrected chi connectivity index (χ1v) is 6.63. The van der Waals surface area contributed by atoms with E-state index in [9.17, 15) is 9.18 Å². The van der Waals surface area contributed by atoms with E-state index in [-0.39, 0.29) is 16.3 Å². The Morgan fingerprint density at radius 1 is 1.47 bits per heavy atom. The van der Waals surface area contributed by atoms with Crippen molar-refractivity contribution in [3.8, 4) is 0 Å². The van der Waals surface area contributed by atoms with Crippen molar-refractivity contribution in [1.82, 2.24) is 4.90 Å². The summed E-state index contributed by atoms with van der Waals surface area (Å²) in [6, 6.07) is 3.80. The highest BCUT2D eigenvalue weighted by Gasteiger charge is 2.24. The minimum Gasteiger partial charge on any atom is -0.338 e. The van der Waals surface area contributed by atoms with Gasteiger partial charge in [0.1, 0.15) is 5.82 Å². The summed E-state index contributed by atoms with van der Waals surface area (Å²) < 4.78 is 13.0. The van der Waals surface area contributed by atoms with Gasteiger partial charge in [-0.1, -0.05) is 25.4 Å². The number of nitrogens with zero attached hydrogens (tertiary/aromatic N) is 1. The minimum atomic E-state index is -0.452. The normalized spacial score (nSPS) is 11.5. The summed E-state index contributed by atoms with van der Waals surface area (Å²) in [4.78, 5) is 14.1. The van der Waals surface area contributed by atoms with Gasteiger partial charge in [-0.25, -0.2) is 4.39 Å². The molecule has 0 aliphatic heterocycles. The average Bonchev–Trinajstić information content (AvgIpc) is 2.35. The number of nitrogens with two attached hydrogens (primary N) is 1. The summed E-state index contributed by atoms with van der Waals surface area (Å²) in [7, 11) is 0.